The molecule has 0 atom stereocenters. The van der Waals surface area contributed by atoms with E-state index in [1.54, 1.807) is 6.20 Å². The molecule has 1 heterocycles. The lowest BCUT2D eigenvalue weighted by atomic mass is 10.8. The van der Waals surface area contributed by atoms with Crippen LogP contribution in [-0.4, -0.2) is 17.6 Å². The third-order valence-electron chi connectivity index (χ3n) is 0.860. The van der Waals surface area contributed by atoms with Gasteiger partial charge >= 0.3 is 0 Å². The largest absolute Gasteiger partial charge is 0.479 e. The van der Waals surface area contributed by atoms with Crippen molar-refractivity contribution < 1.29 is 4.74 Å². The van der Waals surface area contributed by atoms with Gasteiger partial charge in [-0.2, -0.15) is 0 Å². The fourth-order valence-electron chi connectivity index (χ4n) is 0.433. The van der Waals surface area contributed by atoms with Crippen molar-refractivity contribution in [1.29, 1.82) is 5.41 Å². The van der Waals surface area contributed by atoms with Crippen molar-refractivity contribution in [2.24, 2.45) is 5.73 Å². The van der Waals surface area contributed by atoms with Crippen LogP contribution in [0, 0.1) is 5.41 Å². The summed E-state index contributed by atoms with van der Waals surface area (Å²) in [5.41, 5.74) is 5.08. The first kappa shape index (κ1) is 8.10. The summed E-state index contributed by atoms with van der Waals surface area (Å²) in [6.07, 6.45) is 3.11. The molecule has 0 aromatic rings. The zero-order chi connectivity index (χ0) is 5.98. The van der Waals surface area contributed by atoms with Gasteiger partial charge in [0.25, 0.3) is 0 Å². The molecule has 0 aromatic carbocycles. The molecule has 0 saturated heterocycles. The molecule has 4 nitrogen and oxygen atoms in total. The van der Waals surface area contributed by atoms with Crippen molar-refractivity contribution in [2.45, 2.75) is 0 Å². The highest BCUT2D eigenvalue weighted by molar-refractivity contribution is 5.85. The van der Waals surface area contributed by atoms with Crippen LogP contribution >= 0.6 is 12.4 Å². The van der Waals surface area contributed by atoms with E-state index in [0.717, 1.165) is 0 Å². The molecule has 0 spiro atoms. The average Bonchev–Trinajstić information content (AvgIpc) is 2.12. The van der Waals surface area contributed by atoms with Crippen LogP contribution in [0.2, 0.25) is 0 Å². The van der Waals surface area contributed by atoms with Crippen LogP contribution in [0.4, 0.5) is 0 Å². The topological polar surface area (TPSA) is 62.3 Å². The molecule has 5 heteroatoms. The zero-order valence-electron chi connectivity index (χ0n) is 4.70. The summed E-state index contributed by atoms with van der Waals surface area (Å²) in [6.45, 7) is 0.370. The summed E-state index contributed by atoms with van der Waals surface area (Å²) in [6, 6.07) is 0. The quantitative estimate of drug-likeness (QED) is 0.378. The molecule has 3 N–H and O–H groups in total. The van der Waals surface area contributed by atoms with E-state index in [9.17, 15) is 0 Å². The summed E-state index contributed by atoms with van der Waals surface area (Å²) in [5, 5.41) is 6.86. The molecule has 0 amide bonds. The molecular formula is C4H8ClN3O. The molecule has 0 aromatic heterocycles. The minimum Gasteiger partial charge on any atom is -0.479 e. The molecule has 1 aliphatic rings. The monoisotopic (exact) mass is 149 g/mol. The second kappa shape index (κ2) is 3.19. The maximum Gasteiger partial charge on any atom is 0.195 e. The van der Waals surface area contributed by atoms with Gasteiger partial charge in [0.15, 0.2) is 12.7 Å². The number of ether oxygens (including phenoxy) is 1. The molecule has 0 bridgehead atoms. The molecule has 1 rings (SSSR count). The number of hydrogen-bond acceptors (Lipinski definition) is 2. The molecular weight excluding hydrogens is 142 g/mol. The number of guanidine groups is 1. The first-order valence-electron chi connectivity index (χ1n) is 2.19. The summed E-state index contributed by atoms with van der Waals surface area (Å²) >= 11 is 0. The fourth-order valence-corrected chi connectivity index (χ4v) is 0.433. The van der Waals surface area contributed by atoms with Gasteiger partial charge in [-0.05, 0) is 0 Å². The minimum absolute atomic E-state index is 0. The van der Waals surface area contributed by atoms with Crippen molar-refractivity contribution in [2.75, 3.05) is 6.73 Å². The number of nitrogens with zero attached hydrogens (tertiary/aromatic N) is 1. The Hall–Kier alpha value is -0.900. The molecule has 9 heavy (non-hydrogen) atoms. The van der Waals surface area contributed by atoms with Crippen molar-refractivity contribution in [3.63, 3.8) is 0 Å². The second-order valence-corrected chi connectivity index (χ2v) is 1.44. The predicted molar refractivity (Wildman–Crippen MR) is 36.1 cm³/mol. The Morgan fingerprint density at radius 1 is 1.78 bits per heavy atom. The van der Waals surface area contributed by atoms with Crippen LogP contribution in [-0.2, 0) is 4.74 Å². The third kappa shape index (κ3) is 1.81. The Morgan fingerprint density at radius 2 is 2.44 bits per heavy atom. The molecule has 0 radical (unpaired) electrons. The van der Waals surface area contributed by atoms with E-state index in [4.69, 9.17) is 15.9 Å². The van der Waals surface area contributed by atoms with Gasteiger partial charge in [-0.25, -0.2) is 0 Å². The third-order valence-corrected chi connectivity index (χ3v) is 0.860. The number of nitrogens with two attached hydrogens (primary N) is 1. The molecule has 0 aliphatic carbocycles. The van der Waals surface area contributed by atoms with Gasteiger partial charge < -0.3 is 10.5 Å². The zero-order valence-corrected chi connectivity index (χ0v) is 5.52. The number of hydrogen-bond donors (Lipinski definition) is 2. The Labute approximate surface area is 59.2 Å². The molecule has 52 valence electrons. The summed E-state index contributed by atoms with van der Waals surface area (Å²) < 4.78 is 4.74. The summed E-state index contributed by atoms with van der Waals surface area (Å²) in [4.78, 5) is 1.49. The van der Waals surface area contributed by atoms with E-state index in [2.05, 4.69) is 0 Å². The van der Waals surface area contributed by atoms with Crippen LogP contribution in [0.1, 0.15) is 0 Å². The van der Waals surface area contributed by atoms with E-state index in [0.29, 0.717) is 6.73 Å². The standard InChI is InChI=1S/C4H7N3O.ClH/c5-4(6)7-1-2-8-3-7;/h1-2H,3H2,(H3,5,6);1H. The van der Waals surface area contributed by atoms with Crippen LogP contribution in [0.5, 0.6) is 0 Å². The van der Waals surface area contributed by atoms with Gasteiger partial charge in [0, 0.05) is 6.20 Å². The first-order valence-corrected chi connectivity index (χ1v) is 2.19. The first-order chi connectivity index (χ1) is 3.80. The number of rotatable bonds is 0. The molecule has 0 unspecified atom stereocenters. The van der Waals surface area contributed by atoms with E-state index >= 15 is 0 Å². The van der Waals surface area contributed by atoms with Crippen molar-refractivity contribution in [3.05, 3.63) is 12.5 Å². The van der Waals surface area contributed by atoms with E-state index in [1.807, 2.05) is 0 Å². The smallest absolute Gasteiger partial charge is 0.195 e. The van der Waals surface area contributed by atoms with E-state index in [-0.39, 0.29) is 18.4 Å². The number of nitrogens with one attached hydrogen (secondary N) is 1. The van der Waals surface area contributed by atoms with Crippen LogP contribution in [0.3, 0.4) is 0 Å². The lowest BCUT2D eigenvalue weighted by Gasteiger charge is -2.08. The van der Waals surface area contributed by atoms with E-state index in [1.165, 1.54) is 11.2 Å². The number of halogens is 1. The Morgan fingerprint density at radius 3 is 2.67 bits per heavy atom. The maximum absolute atomic E-state index is 6.86. The molecule has 0 saturated carbocycles. The maximum atomic E-state index is 6.86. The summed E-state index contributed by atoms with van der Waals surface area (Å²) in [7, 11) is 0. The van der Waals surface area contributed by atoms with Crippen LogP contribution in [0.25, 0.3) is 0 Å². The van der Waals surface area contributed by atoms with Crippen molar-refractivity contribution in [1.82, 2.24) is 4.90 Å². The normalized spacial score (nSPS) is 14.4. The molecule has 1 aliphatic heterocycles. The second-order valence-electron chi connectivity index (χ2n) is 1.44. The summed E-state index contributed by atoms with van der Waals surface area (Å²) in [5.74, 6) is 0.0127. The SMILES string of the molecule is Cl.N=C(N)N1C=COC1. The van der Waals surface area contributed by atoms with Gasteiger partial charge in [0.05, 0.1) is 0 Å². The fraction of sp³-hybridized carbons (Fsp3) is 0.250. The Bertz CT molecular complexity index is 136. The van der Waals surface area contributed by atoms with Crippen molar-refractivity contribution >= 4 is 18.4 Å². The van der Waals surface area contributed by atoms with Crippen LogP contribution in [0.15, 0.2) is 12.5 Å². The Kier molecular flexibility index (Phi) is 2.87. The lowest BCUT2D eigenvalue weighted by molar-refractivity contribution is 0.214. The average molecular weight is 150 g/mol. The predicted octanol–water partition coefficient (Wildman–Crippen LogP) is 0.0626. The minimum atomic E-state index is 0. The van der Waals surface area contributed by atoms with Gasteiger partial charge in [0.1, 0.15) is 6.26 Å². The van der Waals surface area contributed by atoms with Gasteiger partial charge in [-0.15, -0.1) is 12.4 Å². The van der Waals surface area contributed by atoms with Crippen LogP contribution < -0.4 is 5.73 Å². The Balaban J connectivity index is 0.000000640. The van der Waals surface area contributed by atoms with Gasteiger partial charge in [-0.3, -0.25) is 10.3 Å². The van der Waals surface area contributed by atoms with Crippen molar-refractivity contribution in [3.8, 4) is 0 Å². The van der Waals surface area contributed by atoms with Gasteiger partial charge in [-0.1, -0.05) is 0 Å². The molecule has 0 fully saturated rings. The highest BCUT2D eigenvalue weighted by Gasteiger charge is 2.05. The van der Waals surface area contributed by atoms with Gasteiger partial charge in [0.2, 0.25) is 0 Å². The highest BCUT2D eigenvalue weighted by atomic mass is 35.5. The highest BCUT2D eigenvalue weighted by Crippen LogP contribution is 1.97. The van der Waals surface area contributed by atoms with E-state index < -0.39 is 0 Å². The lowest BCUT2D eigenvalue weighted by Crippen LogP contribution is -2.30.